The Kier molecular flexibility index (Phi) is 35.2. The molecule has 8 aromatic carbocycles. The molecule has 8 rings (SSSR count). The fourth-order valence-electron chi connectivity index (χ4n) is 12.7. The van der Waals surface area contributed by atoms with Gasteiger partial charge < -0.3 is 51.5 Å². The van der Waals surface area contributed by atoms with E-state index in [-0.39, 0.29) is 41.4 Å². The van der Waals surface area contributed by atoms with Crippen molar-refractivity contribution >= 4 is 74.0 Å². The van der Waals surface area contributed by atoms with Gasteiger partial charge in [0.1, 0.15) is 40.1 Å². The van der Waals surface area contributed by atoms with Gasteiger partial charge in [0.25, 0.3) is 0 Å². The van der Waals surface area contributed by atoms with Crippen molar-refractivity contribution in [3.05, 3.63) is 205 Å². The van der Waals surface area contributed by atoms with Crippen molar-refractivity contribution in [2.75, 3.05) is 52.9 Å². The lowest BCUT2D eigenvalue weighted by molar-refractivity contribution is -0.138. The van der Waals surface area contributed by atoms with Gasteiger partial charge in [0, 0.05) is 12.2 Å². The minimum atomic E-state index is -2.21. The molecule has 109 heavy (non-hydrogen) atoms. The van der Waals surface area contributed by atoms with Gasteiger partial charge in [0.15, 0.2) is 16.6 Å². The lowest BCUT2D eigenvalue weighted by Gasteiger charge is -2.34. The molecule has 0 amide bonds. The standard InChI is InChI=1S/C90H110O17Si2/c1-9-13-15-21-53-99-78-46-39-70-61-69(31-32-72(70)63-78)74-41-50-84(106-88(94)68-37-44-77(45-38-68)98-52-24-18-20-26-56-102-86(92)12-4)83(65-74)90(96)104-58-28-30-60-109(7,8)107-108(5,6)59-29-27-57-103-89(95)82-66-80(105-87(93)67-35-42-76(43-36-67)97-51-23-17-19-25-55-101-85(91)11-3)48-49-81(82)75-34-33-73-64-79(47-40-71(73)62-75)100-54-22-16-14-10-2/h11-12,31-50,61-66H,3-4,9-10,13-30,51-60H2,1-2,5-8H3. The lowest BCUT2D eigenvalue weighted by Crippen LogP contribution is -2.44. The molecule has 0 aliphatic carbocycles. The van der Waals surface area contributed by atoms with Crippen LogP contribution in [0, 0.1) is 0 Å². The van der Waals surface area contributed by atoms with Gasteiger partial charge in [-0.05, 0) is 274 Å². The Morgan fingerprint density at radius 3 is 1.17 bits per heavy atom. The zero-order chi connectivity index (χ0) is 77.6. The SMILES string of the molecule is C=CC(=O)OCCCCCCOc1ccc(C(=O)Oc2ccc(-c3ccc4cc(OCCCCCC)ccc4c3)c(C(=O)OCCCC[Si](C)(C)O[Si](C)(C)CCCCOC(=O)c3cc(-c4ccc5cc(OCCCCCC)ccc5c4)ccc3OC(=O)c3ccc(OCCCCCCOC(=O)C=C)cc3)c2)cc1. The van der Waals surface area contributed by atoms with Gasteiger partial charge in [-0.3, -0.25) is 0 Å². The minimum Gasteiger partial charge on any atom is -0.494 e. The van der Waals surface area contributed by atoms with Gasteiger partial charge in [-0.15, -0.1) is 0 Å². The molecule has 19 heteroatoms. The van der Waals surface area contributed by atoms with Crippen LogP contribution in [-0.2, 0) is 32.7 Å². The van der Waals surface area contributed by atoms with Crippen LogP contribution in [0.25, 0.3) is 43.8 Å². The Labute approximate surface area is 646 Å². The summed E-state index contributed by atoms with van der Waals surface area (Å²) in [5.74, 6) is -0.116. The summed E-state index contributed by atoms with van der Waals surface area (Å²) in [7, 11) is -4.41. The smallest absolute Gasteiger partial charge is 0.343 e. The van der Waals surface area contributed by atoms with Crippen LogP contribution in [-0.4, -0.2) is 105 Å². The van der Waals surface area contributed by atoms with Gasteiger partial charge >= 0.3 is 35.8 Å². The fraction of sp³-hybridized carbons (Fsp3) is 0.400. The third kappa shape index (κ3) is 29.3. The Morgan fingerprint density at radius 2 is 0.688 bits per heavy atom. The quantitative estimate of drug-likeness (QED) is 0.00868. The summed E-state index contributed by atoms with van der Waals surface area (Å²) >= 11 is 0. The lowest BCUT2D eigenvalue weighted by atomic mass is 9.96. The minimum absolute atomic E-state index is 0.0758. The van der Waals surface area contributed by atoms with Gasteiger partial charge in [-0.1, -0.05) is 121 Å². The Morgan fingerprint density at radius 1 is 0.321 bits per heavy atom. The van der Waals surface area contributed by atoms with Crippen molar-refractivity contribution in [3.8, 4) is 56.8 Å². The maximum absolute atomic E-state index is 14.3. The third-order valence-electron chi connectivity index (χ3n) is 18.6. The number of hydrogen-bond acceptors (Lipinski definition) is 17. The molecule has 0 spiro atoms. The largest absolute Gasteiger partial charge is 0.494 e. The third-order valence-corrected chi connectivity index (χ3v) is 26.1. The van der Waals surface area contributed by atoms with E-state index in [2.05, 4.69) is 59.3 Å². The maximum atomic E-state index is 14.3. The Bertz CT molecular complexity index is 4260. The number of hydrogen-bond donors (Lipinski definition) is 0. The number of unbranched alkanes of at least 4 members (excludes halogenated alkanes) is 14. The molecule has 0 radical (unpaired) electrons. The number of esters is 6. The van der Waals surface area contributed by atoms with Gasteiger partial charge in [0.05, 0.1) is 69.5 Å². The zero-order valence-electron chi connectivity index (χ0n) is 64.7. The highest BCUT2D eigenvalue weighted by Crippen LogP contribution is 2.36. The molecule has 0 aliphatic heterocycles. The van der Waals surface area contributed by atoms with Crippen molar-refractivity contribution in [3.63, 3.8) is 0 Å². The summed E-state index contributed by atoms with van der Waals surface area (Å²) in [6.07, 6.45) is 20.8. The molecule has 0 aliphatic rings. The van der Waals surface area contributed by atoms with Crippen LogP contribution in [0.15, 0.2) is 183 Å². The van der Waals surface area contributed by atoms with Crippen molar-refractivity contribution in [2.24, 2.45) is 0 Å². The number of fused-ring (bicyclic) bond motifs is 2. The van der Waals surface area contributed by atoms with Crippen LogP contribution >= 0.6 is 0 Å². The van der Waals surface area contributed by atoms with E-state index in [0.717, 1.165) is 170 Å². The summed E-state index contributed by atoms with van der Waals surface area (Å²) in [4.78, 5) is 78.5. The van der Waals surface area contributed by atoms with E-state index in [1.165, 1.54) is 19.3 Å². The summed E-state index contributed by atoms with van der Waals surface area (Å²) in [6, 6.07) is 49.6. The molecular formula is C90H110O17Si2. The average Bonchev–Trinajstić information content (AvgIpc) is 0.785. The normalized spacial score (nSPS) is 11.4. The molecule has 0 atom stereocenters. The van der Waals surface area contributed by atoms with Crippen LogP contribution in [0.3, 0.4) is 0 Å². The predicted octanol–water partition coefficient (Wildman–Crippen LogP) is 22.0. The number of carbonyl (C=O) groups excluding carboxylic acids is 6. The maximum Gasteiger partial charge on any atom is 0.343 e. The number of rotatable bonds is 50. The highest BCUT2D eigenvalue weighted by Gasteiger charge is 2.33. The predicted molar refractivity (Wildman–Crippen MR) is 436 cm³/mol. The first-order chi connectivity index (χ1) is 52.8. The summed E-state index contributed by atoms with van der Waals surface area (Å²) in [5, 5.41) is 4.00. The van der Waals surface area contributed by atoms with Crippen LogP contribution < -0.4 is 28.4 Å². The molecular weight excluding hydrogens is 1410 g/mol. The molecule has 0 aromatic heterocycles. The van der Waals surface area contributed by atoms with Gasteiger partial charge in [-0.25, -0.2) is 28.8 Å². The highest BCUT2D eigenvalue weighted by atomic mass is 28.4. The van der Waals surface area contributed by atoms with Crippen LogP contribution in [0.2, 0.25) is 38.3 Å². The van der Waals surface area contributed by atoms with E-state index in [1.807, 2.05) is 72.8 Å². The average molecular weight is 1520 g/mol. The topological polar surface area (TPSA) is 204 Å². The van der Waals surface area contributed by atoms with Crippen molar-refractivity contribution < 1.29 is 80.3 Å². The Balaban J connectivity index is 0.840. The zero-order valence-corrected chi connectivity index (χ0v) is 66.7. The summed E-state index contributed by atoms with van der Waals surface area (Å²) < 4.78 is 65.1. The number of ether oxygens (including phenoxy) is 10. The summed E-state index contributed by atoms with van der Waals surface area (Å²) in [5.41, 5.74) is 4.02. The number of carbonyl (C=O) groups is 6. The van der Waals surface area contributed by atoms with Crippen molar-refractivity contribution in [2.45, 2.75) is 181 Å². The molecule has 580 valence electrons. The van der Waals surface area contributed by atoms with Gasteiger partial charge in [-0.2, -0.15) is 0 Å². The first-order valence-corrected chi connectivity index (χ1v) is 45.2. The second-order valence-electron chi connectivity index (χ2n) is 28.6. The van der Waals surface area contributed by atoms with E-state index in [4.69, 9.17) is 51.5 Å². The van der Waals surface area contributed by atoms with E-state index < -0.39 is 52.5 Å². The molecule has 17 nitrogen and oxygen atoms in total. The molecule has 0 heterocycles. The second-order valence-corrected chi connectivity index (χ2v) is 37.4. The van der Waals surface area contributed by atoms with Crippen LogP contribution in [0.1, 0.15) is 184 Å². The van der Waals surface area contributed by atoms with Crippen molar-refractivity contribution in [1.29, 1.82) is 0 Å². The first-order valence-electron chi connectivity index (χ1n) is 39.0. The van der Waals surface area contributed by atoms with E-state index in [1.54, 1.807) is 78.9 Å². The number of benzene rings is 8. The molecule has 0 N–H and O–H groups in total. The monoisotopic (exact) mass is 1520 g/mol. The Hall–Kier alpha value is -9.83. The highest BCUT2D eigenvalue weighted by molar-refractivity contribution is 6.84. The van der Waals surface area contributed by atoms with E-state index in [0.29, 0.717) is 75.1 Å². The van der Waals surface area contributed by atoms with E-state index in [9.17, 15) is 28.8 Å². The summed E-state index contributed by atoms with van der Waals surface area (Å²) in [6.45, 7) is 23.5. The molecule has 8 aromatic rings. The molecule has 0 saturated heterocycles. The fourth-order valence-corrected chi connectivity index (χ4v) is 21.7. The first kappa shape index (κ1) is 84.8. The second kappa shape index (κ2) is 45.2. The molecule has 0 unspecified atom stereocenters. The van der Waals surface area contributed by atoms with Crippen molar-refractivity contribution in [1.82, 2.24) is 0 Å². The molecule has 0 saturated carbocycles. The van der Waals surface area contributed by atoms with Gasteiger partial charge in [0.2, 0.25) is 0 Å². The molecule has 0 fully saturated rings. The van der Waals surface area contributed by atoms with E-state index >= 15 is 0 Å². The van der Waals surface area contributed by atoms with Crippen LogP contribution in [0.4, 0.5) is 0 Å². The molecule has 0 bridgehead atoms. The van der Waals surface area contributed by atoms with Crippen LogP contribution in [0.5, 0.6) is 34.5 Å².